The maximum Gasteiger partial charge on any atom is 0.133 e. The summed E-state index contributed by atoms with van der Waals surface area (Å²) in [6.07, 6.45) is 4.53. The average Bonchev–Trinajstić information content (AvgIpc) is 2.35. The van der Waals surface area contributed by atoms with Gasteiger partial charge in [-0.3, -0.25) is 0 Å². The highest BCUT2D eigenvalue weighted by Crippen LogP contribution is 2.48. The van der Waals surface area contributed by atoms with Crippen LogP contribution in [-0.4, -0.2) is 6.61 Å². The van der Waals surface area contributed by atoms with Crippen LogP contribution in [0.4, 0.5) is 0 Å². The molecule has 0 N–H and O–H groups in total. The van der Waals surface area contributed by atoms with Gasteiger partial charge in [0.15, 0.2) is 0 Å². The Bertz CT molecular complexity index is 562. The molecule has 1 aliphatic rings. The molecule has 1 aliphatic carbocycles. The van der Waals surface area contributed by atoms with Gasteiger partial charge in [0.2, 0.25) is 0 Å². The summed E-state index contributed by atoms with van der Waals surface area (Å²) in [7, 11) is 0. The van der Waals surface area contributed by atoms with Gasteiger partial charge in [-0.25, -0.2) is 0 Å². The Morgan fingerprint density at radius 3 is 2.48 bits per heavy atom. The number of fused-ring (bicyclic) bond motifs is 1. The van der Waals surface area contributed by atoms with Crippen molar-refractivity contribution in [3.63, 3.8) is 0 Å². The van der Waals surface area contributed by atoms with Crippen LogP contribution in [0.15, 0.2) is 22.7 Å². The van der Waals surface area contributed by atoms with Crippen molar-refractivity contribution in [1.82, 2.24) is 0 Å². The number of benzene rings is 1. The second kappa shape index (κ2) is 5.79. The molecule has 0 saturated heterocycles. The van der Waals surface area contributed by atoms with Gasteiger partial charge in [-0.2, -0.15) is 0 Å². The van der Waals surface area contributed by atoms with Crippen LogP contribution >= 0.6 is 15.9 Å². The van der Waals surface area contributed by atoms with Crippen molar-refractivity contribution < 1.29 is 4.74 Å². The highest BCUT2D eigenvalue weighted by Gasteiger charge is 2.33. The van der Waals surface area contributed by atoms with Gasteiger partial charge in [-0.05, 0) is 68.4 Å². The van der Waals surface area contributed by atoms with Crippen LogP contribution in [0.2, 0.25) is 0 Å². The number of allylic oxidation sites excluding steroid dienone is 2. The molecule has 21 heavy (non-hydrogen) atoms. The zero-order valence-electron chi connectivity index (χ0n) is 14.1. The normalized spacial score (nSPS) is 17.2. The van der Waals surface area contributed by atoms with E-state index >= 15 is 0 Å². The number of hydrogen-bond acceptors (Lipinski definition) is 1. The Kier molecular flexibility index (Phi) is 4.58. The summed E-state index contributed by atoms with van der Waals surface area (Å²) >= 11 is 3.69. The van der Waals surface area contributed by atoms with Crippen LogP contribution < -0.4 is 4.74 Å². The van der Waals surface area contributed by atoms with E-state index in [4.69, 9.17) is 4.74 Å². The first-order valence-corrected chi connectivity index (χ1v) is 8.64. The average molecular weight is 351 g/mol. The van der Waals surface area contributed by atoms with Crippen molar-refractivity contribution >= 4 is 21.5 Å². The Morgan fingerprint density at radius 1 is 1.24 bits per heavy atom. The van der Waals surface area contributed by atoms with E-state index in [2.05, 4.69) is 75.7 Å². The van der Waals surface area contributed by atoms with E-state index in [0.717, 1.165) is 29.7 Å². The van der Waals surface area contributed by atoms with Gasteiger partial charge < -0.3 is 4.74 Å². The van der Waals surface area contributed by atoms with Crippen LogP contribution in [0.1, 0.15) is 65.5 Å². The quantitative estimate of drug-likeness (QED) is 0.617. The zero-order valence-corrected chi connectivity index (χ0v) is 15.7. The molecule has 1 nitrogen and oxygen atoms in total. The summed E-state index contributed by atoms with van der Waals surface area (Å²) in [5, 5.41) is 0. The van der Waals surface area contributed by atoms with Crippen molar-refractivity contribution in [3.8, 4) is 5.75 Å². The Labute approximate surface area is 137 Å². The van der Waals surface area contributed by atoms with Gasteiger partial charge in [0.05, 0.1) is 11.1 Å². The lowest BCUT2D eigenvalue weighted by Crippen LogP contribution is -2.25. The maximum absolute atomic E-state index is 5.90. The van der Waals surface area contributed by atoms with E-state index in [1.165, 1.54) is 16.7 Å². The highest BCUT2D eigenvalue weighted by molar-refractivity contribution is 9.10. The summed E-state index contributed by atoms with van der Waals surface area (Å²) in [6, 6.07) is 4.49. The third-order valence-corrected chi connectivity index (χ3v) is 4.80. The lowest BCUT2D eigenvalue weighted by atomic mass is 9.68. The fourth-order valence-electron chi connectivity index (χ4n) is 2.95. The molecule has 116 valence electrons. The molecular formula is C19H27BrO. The molecule has 2 rings (SSSR count). The fourth-order valence-corrected chi connectivity index (χ4v) is 3.40. The number of rotatable bonds is 3. The molecule has 0 spiro atoms. The van der Waals surface area contributed by atoms with E-state index in [1.807, 2.05) is 0 Å². The number of halogens is 1. The summed E-state index contributed by atoms with van der Waals surface area (Å²) in [4.78, 5) is 0. The van der Waals surface area contributed by atoms with Crippen LogP contribution in [-0.2, 0) is 5.41 Å². The second-order valence-corrected chi connectivity index (χ2v) is 8.49. The minimum absolute atomic E-state index is 0.162. The molecule has 1 aromatic rings. The standard InChI is InChI=1S/C19H27BrO/c1-7-10-21-17-12-15-13(11-16(17)20)14(18(2,3)4)8-9-19(15,5)6/h8,11-12H,7,9-10H2,1-6H3. The van der Waals surface area contributed by atoms with Crippen LogP contribution in [0.25, 0.3) is 5.57 Å². The van der Waals surface area contributed by atoms with Crippen molar-refractivity contribution in [1.29, 1.82) is 0 Å². The predicted molar refractivity (Wildman–Crippen MR) is 95.0 cm³/mol. The lowest BCUT2D eigenvalue weighted by molar-refractivity contribution is 0.314. The maximum atomic E-state index is 5.90. The van der Waals surface area contributed by atoms with Crippen molar-refractivity contribution in [3.05, 3.63) is 33.8 Å². The fraction of sp³-hybridized carbons (Fsp3) is 0.579. The topological polar surface area (TPSA) is 9.23 Å². The van der Waals surface area contributed by atoms with E-state index in [-0.39, 0.29) is 10.8 Å². The molecule has 0 bridgehead atoms. The predicted octanol–water partition coefficient (Wildman–Crippen LogP) is 6.35. The SMILES string of the molecule is CCCOc1cc2c(cc1Br)C(C(C)(C)C)=CCC2(C)C. The van der Waals surface area contributed by atoms with Crippen molar-refractivity contribution in [2.24, 2.45) is 5.41 Å². The van der Waals surface area contributed by atoms with Gasteiger partial charge in [0.1, 0.15) is 5.75 Å². The van der Waals surface area contributed by atoms with Crippen LogP contribution in [0, 0.1) is 5.41 Å². The third-order valence-electron chi connectivity index (χ3n) is 4.18. The molecule has 0 radical (unpaired) electrons. The molecule has 0 saturated carbocycles. The van der Waals surface area contributed by atoms with E-state index in [1.54, 1.807) is 0 Å². The minimum atomic E-state index is 0.162. The summed E-state index contributed by atoms with van der Waals surface area (Å²) < 4.78 is 6.96. The summed E-state index contributed by atoms with van der Waals surface area (Å²) in [6.45, 7) is 14.4. The smallest absolute Gasteiger partial charge is 0.133 e. The second-order valence-electron chi connectivity index (χ2n) is 7.63. The molecule has 0 atom stereocenters. The number of hydrogen-bond donors (Lipinski definition) is 0. The molecule has 1 aromatic carbocycles. The molecule has 2 heteroatoms. The Hall–Kier alpha value is -0.760. The van der Waals surface area contributed by atoms with Gasteiger partial charge in [-0.15, -0.1) is 0 Å². The molecule has 0 heterocycles. The van der Waals surface area contributed by atoms with Crippen molar-refractivity contribution in [2.75, 3.05) is 6.61 Å². The van der Waals surface area contributed by atoms with Gasteiger partial charge in [-0.1, -0.05) is 47.6 Å². The lowest BCUT2D eigenvalue weighted by Gasteiger charge is -2.37. The molecule has 0 unspecified atom stereocenters. The summed E-state index contributed by atoms with van der Waals surface area (Å²) in [5.74, 6) is 0.971. The van der Waals surface area contributed by atoms with Gasteiger partial charge in [0.25, 0.3) is 0 Å². The Morgan fingerprint density at radius 2 is 1.90 bits per heavy atom. The molecule has 0 fully saturated rings. The van der Waals surface area contributed by atoms with E-state index in [0.29, 0.717) is 0 Å². The highest BCUT2D eigenvalue weighted by atomic mass is 79.9. The van der Waals surface area contributed by atoms with Crippen LogP contribution in [0.5, 0.6) is 5.75 Å². The molecular weight excluding hydrogens is 324 g/mol. The van der Waals surface area contributed by atoms with Gasteiger partial charge >= 0.3 is 0 Å². The first-order valence-electron chi connectivity index (χ1n) is 7.84. The van der Waals surface area contributed by atoms with E-state index in [9.17, 15) is 0 Å². The zero-order chi connectivity index (χ0) is 15.8. The van der Waals surface area contributed by atoms with Crippen LogP contribution in [0.3, 0.4) is 0 Å². The monoisotopic (exact) mass is 350 g/mol. The third kappa shape index (κ3) is 3.36. The van der Waals surface area contributed by atoms with Crippen molar-refractivity contribution in [2.45, 2.75) is 59.8 Å². The van der Waals surface area contributed by atoms with E-state index < -0.39 is 0 Å². The minimum Gasteiger partial charge on any atom is -0.492 e. The molecule has 0 aliphatic heterocycles. The largest absolute Gasteiger partial charge is 0.492 e. The summed E-state index contributed by atoms with van der Waals surface area (Å²) in [5.41, 5.74) is 4.55. The first kappa shape index (κ1) is 16.6. The van der Waals surface area contributed by atoms with Gasteiger partial charge in [0, 0.05) is 0 Å². The number of ether oxygens (including phenoxy) is 1. The molecule has 0 aromatic heterocycles. The Balaban J connectivity index is 2.56. The molecule has 0 amide bonds. The first-order chi connectivity index (χ1) is 9.66.